The molecule has 1 aromatic heterocycles. The Morgan fingerprint density at radius 2 is 1.68 bits per heavy atom. The van der Waals surface area contributed by atoms with Gasteiger partial charge in [-0.25, -0.2) is 9.59 Å². The van der Waals surface area contributed by atoms with Gasteiger partial charge in [0, 0.05) is 43.7 Å². The number of amides is 3. The fraction of sp³-hybridized carbons (Fsp3) is 0.705. The Labute approximate surface area is 352 Å². The zero-order valence-corrected chi connectivity index (χ0v) is 36.2. The highest BCUT2D eigenvalue weighted by Gasteiger charge is 2.62. The van der Waals surface area contributed by atoms with Crippen LogP contribution in [0.3, 0.4) is 0 Å². The summed E-state index contributed by atoms with van der Waals surface area (Å²) in [6.45, 7) is 7.71. The molecule has 2 aromatic rings. The lowest BCUT2D eigenvalue weighted by atomic mass is 9.85. The third kappa shape index (κ3) is 9.24. The van der Waals surface area contributed by atoms with Crippen molar-refractivity contribution in [1.29, 1.82) is 0 Å². The molecule has 324 valence electrons. The highest BCUT2D eigenvalue weighted by atomic mass is 35.5. The Hall–Kier alpha value is -3.88. The van der Waals surface area contributed by atoms with Gasteiger partial charge in [-0.1, -0.05) is 65.0 Å². The SMILES string of the molecule is CC[C@@H]1C[C@]1(NC(=O)[C@@H]1C[C@@H](Oc2cc(C3CCCCC3)nc3c(Cl)c(OCC(OC)OC)ccc23)CN1C(=O)[C@@H](NC(=O)O[C@@H]1C[C@@H]2C[C@@H]2C1)C(C)(C)C)C(=O)OC. The molecule has 5 aliphatic rings. The number of nitrogens with zero attached hydrogens (tertiary/aromatic N) is 2. The minimum absolute atomic E-state index is 0.0432. The normalized spacial score (nSPS) is 28.2. The fourth-order valence-electron chi connectivity index (χ4n) is 9.62. The number of halogens is 1. The van der Waals surface area contributed by atoms with Crippen LogP contribution < -0.4 is 20.1 Å². The lowest BCUT2D eigenvalue weighted by molar-refractivity contribution is -0.148. The van der Waals surface area contributed by atoms with E-state index in [0.29, 0.717) is 52.1 Å². The topological polar surface area (TPSA) is 164 Å². The molecular formula is C44H61ClN4O10. The first kappa shape index (κ1) is 43.2. The lowest BCUT2D eigenvalue weighted by Crippen LogP contribution is -2.59. The predicted molar refractivity (Wildman–Crippen MR) is 219 cm³/mol. The maximum Gasteiger partial charge on any atom is 0.408 e. The van der Waals surface area contributed by atoms with Crippen molar-refractivity contribution in [2.75, 3.05) is 34.5 Å². The molecule has 0 bridgehead atoms. The predicted octanol–water partition coefficient (Wildman–Crippen LogP) is 6.68. The van der Waals surface area contributed by atoms with E-state index in [-0.39, 0.29) is 37.5 Å². The summed E-state index contributed by atoms with van der Waals surface area (Å²) in [6, 6.07) is 3.53. The van der Waals surface area contributed by atoms with Gasteiger partial charge in [-0.05, 0) is 73.8 Å². The summed E-state index contributed by atoms with van der Waals surface area (Å²) in [5.41, 5.74) is -0.540. The Morgan fingerprint density at radius 1 is 0.966 bits per heavy atom. The average Bonchev–Trinajstić information content (AvgIpc) is 4.03. The van der Waals surface area contributed by atoms with Gasteiger partial charge in [0.2, 0.25) is 11.8 Å². The Morgan fingerprint density at radius 3 is 2.31 bits per heavy atom. The van der Waals surface area contributed by atoms with Crippen LogP contribution in [-0.4, -0.2) is 104 Å². The van der Waals surface area contributed by atoms with Gasteiger partial charge in [-0.2, -0.15) is 0 Å². The Kier molecular flexibility index (Phi) is 12.9. The number of methoxy groups -OCH3 is 3. The first-order chi connectivity index (χ1) is 28.2. The number of carbonyl (C=O) groups excluding carboxylic acids is 4. The number of fused-ring (bicyclic) bond motifs is 2. The quantitative estimate of drug-likeness (QED) is 0.145. The molecule has 15 heteroatoms. The van der Waals surface area contributed by atoms with Crippen molar-refractivity contribution in [3.8, 4) is 11.5 Å². The molecule has 1 saturated heterocycles. The average molecular weight is 841 g/mol. The van der Waals surface area contributed by atoms with Crippen LogP contribution in [0.4, 0.5) is 4.79 Å². The van der Waals surface area contributed by atoms with Crippen LogP contribution in [0.5, 0.6) is 11.5 Å². The number of hydrogen-bond acceptors (Lipinski definition) is 11. The monoisotopic (exact) mass is 840 g/mol. The van der Waals surface area contributed by atoms with Gasteiger partial charge in [0.15, 0.2) is 6.29 Å². The molecule has 0 spiro atoms. The number of rotatable bonds is 15. The standard InChI is InChI=1S/C44H61ClN4O10/c1-8-27-21-44(27,41(52)56-7)48-39(50)32-19-29(22-49(32)40(51)38(43(2,3)4)47-42(53)59-28-17-25-16-26(25)18-28)58-34-20-31(24-12-10-9-11-13-24)46-37-30(34)14-15-33(36(37)45)57-23-35(54-5)55-6/h14-15,20,24-29,32,35,38H,8-13,16-19,21-23H2,1-7H3,(H,47,53)(H,48,50)/t25-,26+,27-,28+,29-,32+,38-,44-/m1/s1. The summed E-state index contributed by atoms with van der Waals surface area (Å²) < 4.78 is 34.4. The summed E-state index contributed by atoms with van der Waals surface area (Å²) in [4.78, 5) is 62.2. The number of aromatic nitrogens is 1. The molecule has 3 amide bonds. The Balaban J connectivity index is 1.19. The first-order valence-corrected chi connectivity index (χ1v) is 21.7. The van der Waals surface area contributed by atoms with Crippen molar-refractivity contribution in [3.63, 3.8) is 0 Å². The highest BCUT2D eigenvalue weighted by Crippen LogP contribution is 2.52. The van der Waals surface area contributed by atoms with Crippen LogP contribution in [-0.2, 0) is 33.3 Å². The van der Waals surface area contributed by atoms with Crippen molar-refractivity contribution in [2.24, 2.45) is 23.2 Å². The minimum atomic E-state index is -1.17. The van der Waals surface area contributed by atoms with Gasteiger partial charge in [-0.15, -0.1) is 0 Å². The number of esters is 1. The van der Waals surface area contributed by atoms with Crippen molar-refractivity contribution in [1.82, 2.24) is 20.5 Å². The van der Waals surface area contributed by atoms with Crippen LogP contribution in [0.2, 0.25) is 5.02 Å². The highest BCUT2D eigenvalue weighted by molar-refractivity contribution is 6.36. The molecule has 0 radical (unpaired) electrons. The third-order valence-corrected chi connectivity index (χ3v) is 13.6. The zero-order chi connectivity index (χ0) is 42.2. The molecule has 4 saturated carbocycles. The zero-order valence-electron chi connectivity index (χ0n) is 35.5. The van der Waals surface area contributed by atoms with E-state index < -0.39 is 59.3 Å². The summed E-state index contributed by atoms with van der Waals surface area (Å²) in [5.74, 6) is 0.856. The largest absolute Gasteiger partial charge is 0.488 e. The number of alkyl carbamates (subject to hydrolysis) is 1. The van der Waals surface area contributed by atoms with E-state index in [4.69, 9.17) is 45.0 Å². The second-order valence-corrected chi connectivity index (χ2v) is 18.7. The van der Waals surface area contributed by atoms with Gasteiger partial charge < -0.3 is 44.0 Å². The van der Waals surface area contributed by atoms with Crippen LogP contribution in [0.15, 0.2) is 18.2 Å². The number of nitrogens with one attached hydrogen (secondary N) is 2. The van der Waals surface area contributed by atoms with E-state index in [0.717, 1.165) is 44.2 Å². The molecule has 0 unspecified atom stereocenters. The van der Waals surface area contributed by atoms with Crippen LogP contribution in [0, 0.1) is 23.2 Å². The van der Waals surface area contributed by atoms with E-state index >= 15 is 0 Å². The molecule has 2 N–H and O–H groups in total. The van der Waals surface area contributed by atoms with Gasteiger partial charge in [0.05, 0.1) is 19.2 Å². The fourth-order valence-corrected chi connectivity index (χ4v) is 9.89. The van der Waals surface area contributed by atoms with Crippen molar-refractivity contribution >= 4 is 46.4 Å². The lowest BCUT2D eigenvalue weighted by Gasteiger charge is -2.35. The molecular weight excluding hydrogens is 780 g/mol. The van der Waals surface area contributed by atoms with Crippen LogP contribution >= 0.6 is 11.6 Å². The molecule has 14 nitrogen and oxygen atoms in total. The van der Waals surface area contributed by atoms with E-state index in [1.807, 2.05) is 39.8 Å². The molecule has 1 aliphatic heterocycles. The second kappa shape index (κ2) is 17.6. The van der Waals surface area contributed by atoms with Crippen molar-refractivity contribution in [3.05, 3.63) is 28.9 Å². The Bertz CT molecular complexity index is 1890. The molecule has 59 heavy (non-hydrogen) atoms. The van der Waals surface area contributed by atoms with Crippen molar-refractivity contribution < 1.29 is 47.6 Å². The van der Waals surface area contributed by atoms with E-state index in [9.17, 15) is 19.2 Å². The molecule has 5 fully saturated rings. The number of benzene rings is 1. The van der Waals surface area contributed by atoms with E-state index in [2.05, 4.69) is 10.6 Å². The van der Waals surface area contributed by atoms with Crippen molar-refractivity contribution in [2.45, 2.75) is 140 Å². The smallest absolute Gasteiger partial charge is 0.408 e. The van der Waals surface area contributed by atoms with E-state index in [1.54, 1.807) is 6.07 Å². The number of carbonyl (C=O) groups is 4. The summed E-state index contributed by atoms with van der Waals surface area (Å²) in [6.07, 6.45) is 7.37. The number of hydrogen-bond donors (Lipinski definition) is 2. The molecule has 7 rings (SSSR count). The third-order valence-electron chi connectivity index (χ3n) is 13.3. The van der Waals surface area contributed by atoms with E-state index in [1.165, 1.54) is 39.1 Å². The number of pyridine rings is 1. The molecule has 4 aliphatic carbocycles. The molecule has 1 aromatic carbocycles. The second-order valence-electron chi connectivity index (χ2n) is 18.3. The molecule has 8 atom stereocenters. The van der Waals surface area contributed by atoms with Gasteiger partial charge >= 0.3 is 12.1 Å². The summed E-state index contributed by atoms with van der Waals surface area (Å²) in [7, 11) is 4.37. The van der Waals surface area contributed by atoms with Gasteiger partial charge in [0.1, 0.15) is 53.0 Å². The van der Waals surface area contributed by atoms with Crippen LogP contribution in [0.25, 0.3) is 10.9 Å². The van der Waals surface area contributed by atoms with Crippen LogP contribution in [0.1, 0.15) is 110 Å². The van der Waals surface area contributed by atoms with Gasteiger partial charge in [0.25, 0.3) is 0 Å². The number of ether oxygens (including phenoxy) is 6. The summed E-state index contributed by atoms with van der Waals surface area (Å²) >= 11 is 7.04. The van der Waals surface area contributed by atoms with Gasteiger partial charge in [-0.3, -0.25) is 14.6 Å². The number of likely N-dealkylation sites (tertiary alicyclic amines) is 1. The maximum absolute atomic E-state index is 14.8. The minimum Gasteiger partial charge on any atom is -0.488 e. The maximum atomic E-state index is 14.8. The first-order valence-electron chi connectivity index (χ1n) is 21.4. The molecule has 2 heterocycles. The summed E-state index contributed by atoms with van der Waals surface area (Å²) in [5, 5.41) is 6.84.